The number of piperidine rings is 2. The maximum atomic E-state index is 5.50. The van der Waals surface area contributed by atoms with Crippen LogP contribution < -0.4 is 10.2 Å². The second-order valence-corrected chi connectivity index (χ2v) is 5.66. The lowest BCUT2D eigenvalue weighted by atomic mass is 9.91. The zero-order valence-electron chi connectivity index (χ0n) is 11.1. The first-order chi connectivity index (χ1) is 8.78. The van der Waals surface area contributed by atoms with Crippen LogP contribution in [0, 0.1) is 0 Å². The Morgan fingerprint density at radius 2 is 2.00 bits per heavy atom. The molecule has 5 heteroatoms. The van der Waals surface area contributed by atoms with Gasteiger partial charge in [0.05, 0.1) is 5.54 Å². The third kappa shape index (κ3) is 2.23. The van der Waals surface area contributed by atoms with E-state index in [0.717, 1.165) is 37.9 Å². The predicted molar refractivity (Wildman–Crippen MR) is 69.6 cm³/mol. The molecule has 18 heavy (non-hydrogen) atoms. The molecule has 2 saturated heterocycles. The molecule has 2 fully saturated rings. The molecule has 1 aromatic rings. The minimum absolute atomic E-state index is 0.126. The average molecular weight is 250 g/mol. The van der Waals surface area contributed by atoms with E-state index in [-0.39, 0.29) is 5.54 Å². The Labute approximate surface area is 108 Å². The third-order valence-corrected chi connectivity index (χ3v) is 4.14. The average Bonchev–Trinajstić information content (AvgIpc) is 2.91. The van der Waals surface area contributed by atoms with Crippen molar-refractivity contribution in [2.75, 3.05) is 24.5 Å². The van der Waals surface area contributed by atoms with Crippen LogP contribution >= 0.6 is 0 Å². The van der Waals surface area contributed by atoms with Crippen LogP contribution in [-0.2, 0) is 5.54 Å². The van der Waals surface area contributed by atoms with Gasteiger partial charge in [-0.05, 0) is 57.2 Å². The van der Waals surface area contributed by atoms with Gasteiger partial charge >= 0.3 is 0 Å². The van der Waals surface area contributed by atoms with Crippen molar-refractivity contribution in [3.63, 3.8) is 0 Å². The predicted octanol–water partition coefficient (Wildman–Crippen LogP) is 2.05. The zero-order chi connectivity index (χ0) is 12.4. The van der Waals surface area contributed by atoms with E-state index >= 15 is 0 Å². The SMILES string of the molecule is CC1(c2nc(N3CCCCC3)no2)CCCCN1. The van der Waals surface area contributed by atoms with Gasteiger partial charge in [-0.1, -0.05) is 0 Å². The van der Waals surface area contributed by atoms with E-state index in [0.29, 0.717) is 0 Å². The van der Waals surface area contributed by atoms with Gasteiger partial charge in [0.25, 0.3) is 5.95 Å². The molecule has 3 heterocycles. The van der Waals surface area contributed by atoms with Gasteiger partial charge in [0.1, 0.15) is 0 Å². The lowest BCUT2D eigenvalue weighted by Crippen LogP contribution is -2.43. The molecule has 100 valence electrons. The second kappa shape index (κ2) is 4.88. The minimum atomic E-state index is -0.126. The van der Waals surface area contributed by atoms with Crippen molar-refractivity contribution in [2.24, 2.45) is 0 Å². The Morgan fingerprint density at radius 3 is 2.72 bits per heavy atom. The fourth-order valence-corrected chi connectivity index (χ4v) is 2.90. The van der Waals surface area contributed by atoms with E-state index in [4.69, 9.17) is 4.52 Å². The number of hydrogen-bond acceptors (Lipinski definition) is 5. The van der Waals surface area contributed by atoms with Crippen molar-refractivity contribution in [3.8, 4) is 0 Å². The van der Waals surface area contributed by atoms with Gasteiger partial charge in [-0.15, -0.1) is 0 Å². The molecule has 1 atom stereocenters. The molecule has 1 unspecified atom stereocenters. The van der Waals surface area contributed by atoms with Crippen LogP contribution in [-0.4, -0.2) is 29.8 Å². The zero-order valence-corrected chi connectivity index (χ0v) is 11.1. The van der Waals surface area contributed by atoms with Crippen LogP contribution in [0.4, 0.5) is 5.95 Å². The van der Waals surface area contributed by atoms with E-state index in [2.05, 4.69) is 27.3 Å². The summed E-state index contributed by atoms with van der Waals surface area (Å²) in [5, 5.41) is 7.67. The molecular weight excluding hydrogens is 228 g/mol. The van der Waals surface area contributed by atoms with Gasteiger partial charge in [0, 0.05) is 13.1 Å². The fraction of sp³-hybridized carbons (Fsp3) is 0.846. The number of nitrogens with one attached hydrogen (secondary N) is 1. The Hall–Kier alpha value is -1.10. The fourth-order valence-electron chi connectivity index (χ4n) is 2.90. The molecule has 2 aliphatic heterocycles. The van der Waals surface area contributed by atoms with E-state index in [1.807, 2.05) is 0 Å². The number of nitrogens with zero attached hydrogens (tertiary/aromatic N) is 3. The Kier molecular flexibility index (Phi) is 3.24. The van der Waals surface area contributed by atoms with E-state index in [1.165, 1.54) is 32.1 Å². The third-order valence-electron chi connectivity index (χ3n) is 4.14. The Balaban J connectivity index is 1.75. The number of anilines is 1. The maximum Gasteiger partial charge on any atom is 0.266 e. The highest BCUT2D eigenvalue weighted by atomic mass is 16.5. The van der Waals surface area contributed by atoms with Crippen molar-refractivity contribution >= 4 is 5.95 Å². The molecular formula is C13H22N4O. The van der Waals surface area contributed by atoms with Crippen molar-refractivity contribution in [1.82, 2.24) is 15.5 Å². The molecule has 3 rings (SSSR count). The van der Waals surface area contributed by atoms with Gasteiger partial charge < -0.3 is 14.7 Å². The van der Waals surface area contributed by atoms with Crippen molar-refractivity contribution < 1.29 is 4.52 Å². The second-order valence-electron chi connectivity index (χ2n) is 5.66. The molecule has 5 nitrogen and oxygen atoms in total. The summed E-state index contributed by atoms with van der Waals surface area (Å²) in [6, 6.07) is 0. The van der Waals surface area contributed by atoms with Crippen LogP contribution in [0.2, 0.25) is 0 Å². The van der Waals surface area contributed by atoms with E-state index in [9.17, 15) is 0 Å². The molecule has 0 radical (unpaired) electrons. The highest BCUT2D eigenvalue weighted by molar-refractivity contribution is 5.29. The summed E-state index contributed by atoms with van der Waals surface area (Å²) >= 11 is 0. The molecule has 0 spiro atoms. The van der Waals surface area contributed by atoms with Crippen LogP contribution in [0.15, 0.2) is 4.52 Å². The Morgan fingerprint density at radius 1 is 1.17 bits per heavy atom. The summed E-state index contributed by atoms with van der Waals surface area (Å²) in [5.74, 6) is 1.53. The lowest BCUT2D eigenvalue weighted by Gasteiger charge is -2.31. The van der Waals surface area contributed by atoms with Crippen molar-refractivity contribution in [2.45, 2.75) is 51.0 Å². The number of hydrogen-bond donors (Lipinski definition) is 1. The lowest BCUT2D eigenvalue weighted by molar-refractivity contribution is 0.207. The van der Waals surface area contributed by atoms with Gasteiger partial charge in [0.2, 0.25) is 5.89 Å². The standard InChI is InChI=1S/C13H22N4O/c1-13(7-3-4-8-14-13)11-15-12(16-18-11)17-9-5-2-6-10-17/h14H,2-10H2,1H3. The van der Waals surface area contributed by atoms with E-state index < -0.39 is 0 Å². The van der Waals surface area contributed by atoms with Crippen LogP contribution in [0.5, 0.6) is 0 Å². The minimum Gasteiger partial charge on any atom is -0.338 e. The van der Waals surface area contributed by atoms with E-state index in [1.54, 1.807) is 0 Å². The molecule has 0 aromatic carbocycles. The molecule has 0 amide bonds. The van der Waals surface area contributed by atoms with Crippen LogP contribution in [0.25, 0.3) is 0 Å². The summed E-state index contributed by atoms with van der Waals surface area (Å²) in [5.41, 5.74) is -0.126. The summed E-state index contributed by atoms with van der Waals surface area (Å²) in [4.78, 5) is 6.85. The summed E-state index contributed by atoms with van der Waals surface area (Å²) in [6.07, 6.45) is 7.33. The molecule has 0 aliphatic carbocycles. The van der Waals surface area contributed by atoms with Crippen molar-refractivity contribution in [3.05, 3.63) is 5.89 Å². The van der Waals surface area contributed by atoms with Crippen LogP contribution in [0.1, 0.15) is 51.3 Å². The van der Waals surface area contributed by atoms with Gasteiger partial charge in [-0.25, -0.2) is 0 Å². The van der Waals surface area contributed by atoms with Gasteiger partial charge in [-0.3, -0.25) is 0 Å². The molecule has 0 saturated carbocycles. The molecule has 1 aromatic heterocycles. The molecule has 2 aliphatic rings. The van der Waals surface area contributed by atoms with Crippen LogP contribution in [0.3, 0.4) is 0 Å². The van der Waals surface area contributed by atoms with Gasteiger partial charge in [-0.2, -0.15) is 4.98 Å². The maximum absolute atomic E-state index is 5.50. The highest BCUT2D eigenvalue weighted by Crippen LogP contribution is 2.30. The summed E-state index contributed by atoms with van der Waals surface area (Å²) in [6.45, 7) is 5.32. The molecule has 1 N–H and O–H groups in total. The highest BCUT2D eigenvalue weighted by Gasteiger charge is 2.34. The monoisotopic (exact) mass is 250 g/mol. The summed E-state index contributed by atoms with van der Waals surface area (Å²) in [7, 11) is 0. The van der Waals surface area contributed by atoms with Gasteiger partial charge in [0.15, 0.2) is 0 Å². The number of rotatable bonds is 2. The first-order valence-electron chi connectivity index (χ1n) is 7.12. The Bertz CT molecular complexity index is 391. The quantitative estimate of drug-likeness (QED) is 0.870. The first-order valence-corrected chi connectivity index (χ1v) is 7.12. The smallest absolute Gasteiger partial charge is 0.266 e. The number of aromatic nitrogens is 2. The largest absolute Gasteiger partial charge is 0.338 e. The topological polar surface area (TPSA) is 54.2 Å². The first kappa shape index (κ1) is 12.0. The van der Waals surface area contributed by atoms with Crippen molar-refractivity contribution in [1.29, 1.82) is 0 Å². The summed E-state index contributed by atoms with van der Waals surface area (Å²) < 4.78 is 5.50. The normalized spacial score (nSPS) is 29.5. The molecule has 0 bridgehead atoms.